The lowest BCUT2D eigenvalue weighted by Crippen LogP contribution is -2.12. The third-order valence-corrected chi connectivity index (χ3v) is 1.92. The molecule has 0 saturated carbocycles. The molecule has 0 aromatic carbocycles. The largest absolute Gasteiger partial charge is 0.381 e. The van der Waals surface area contributed by atoms with Gasteiger partial charge in [-0.2, -0.15) is 0 Å². The van der Waals surface area contributed by atoms with Crippen LogP contribution in [0.25, 0.3) is 0 Å². The number of hydrogen-bond donors (Lipinski definition) is 0. The van der Waals surface area contributed by atoms with E-state index >= 15 is 0 Å². The molecular formula is C10H20N2. The standard InChI is InChI=1S/C10H20N2/c1-6-9(11-3)8-10(7-2)12(4)5/h8H,6-7H2,1-5H3/b10-8-,11-9+. The van der Waals surface area contributed by atoms with Gasteiger partial charge in [-0.1, -0.05) is 13.8 Å². The quantitative estimate of drug-likeness (QED) is 0.588. The molecule has 2 nitrogen and oxygen atoms in total. The van der Waals surface area contributed by atoms with Crippen molar-refractivity contribution in [2.45, 2.75) is 26.7 Å². The number of allylic oxidation sites excluding steroid dienone is 2. The summed E-state index contributed by atoms with van der Waals surface area (Å²) in [5.41, 5.74) is 2.50. The van der Waals surface area contributed by atoms with E-state index in [-0.39, 0.29) is 0 Å². The molecule has 0 aromatic heterocycles. The normalized spacial score (nSPS) is 13.4. The highest BCUT2D eigenvalue weighted by Gasteiger charge is 1.97. The molecule has 0 aliphatic carbocycles. The van der Waals surface area contributed by atoms with Crippen LogP contribution in [-0.4, -0.2) is 31.8 Å². The summed E-state index contributed by atoms with van der Waals surface area (Å²) in [6.45, 7) is 4.29. The predicted molar refractivity (Wildman–Crippen MR) is 55.7 cm³/mol. The summed E-state index contributed by atoms with van der Waals surface area (Å²) in [5, 5.41) is 0. The Morgan fingerprint density at radius 1 is 1.25 bits per heavy atom. The molecule has 0 atom stereocenters. The summed E-state index contributed by atoms with van der Waals surface area (Å²) in [5.74, 6) is 0. The Labute approximate surface area is 76.0 Å². The first kappa shape index (κ1) is 11.2. The van der Waals surface area contributed by atoms with Crippen LogP contribution in [0.2, 0.25) is 0 Å². The zero-order valence-electron chi connectivity index (χ0n) is 8.89. The van der Waals surface area contributed by atoms with Crippen molar-refractivity contribution in [3.8, 4) is 0 Å². The van der Waals surface area contributed by atoms with Crippen molar-refractivity contribution in [3.63, 3.8) is 0 Å². The van der Waals surface area contributed by atoms with Crippen LogP contribution in [0.4, 0.5) is 0 Å². The highest BCUT2D eigenvalue weighted by atomic mass is 15.1. The van der Waals surface area contributed by atoms with Crippen molar-refractivity contribution in [2.75, 3.05) is 21.1 Å². The molecule has 2 heteroatoms. The second kappa shape index (κ2) is 5.81. The van der Waals surface area contributed by atoms with Gasteiger partial charge in [0.15, 0.2) is 0 Å². The van der Waals surface area contributed by atoms with Crippen LogP contribution in [0.5, 0.6) is 0 Å². The third-order valence-electron chi connectivity index (χ3n) is 1.92. The van der Waals surface area contributed by atoms with Gasteiger partial charge < -0.3 is 4.90 Å². The summed E-state index contributed by atoms with van der Waals surface area (Å²) in [4.78, 5) is 6.33. The fraction of sp³-hybridized carbons (Fsp3) is 0.700. The van der Waals surface area contributed by atoms with E-state index in [9.17, 15) is 0 Å². The SMILES string of the molecule is CC/C(=C/C(CC)=N/C)N(C)C. The second-order valence-electron chi connectivity index (χ2n) is 2.95. The van der Waals surface area contributed by atoms with E-state index in [1.165, 1.54) is 11.4 Å². The van der Waals surface area contributed by atoms with Crippen molar-refractivity contribution >= 4 is 5.71 Å². The van der Waals surface area contributed by atoms with E-state index in [1.54, 1.807) is 0 Å². The van der Waals surface area contributed by atoms with Gasteiger partial charge in [0.25, 0.3) is 0 Å². The van der Waals surface area contributed by atoms with Crippen molar-refractivity contribution in [1.29, 1.82) is 0 Å². The first-order valence-electron chi connectivity index (χ1n) is 4.49. The summed E-state index contributed by atoms with van der Waals surface area (Å²) in [6.07, 6.45) is 4.24. The second-order valence-corrected chi connectivity index (χ2v) is 2.95. The monoisotopic (exact) mass is 168 g/mol. The maximum atomic E-state index is 4.19. The van der Waals surface area contributed by atoms with E-state index in [0.717, 1.165) is 12.8 Å². The molecule has 0 aromatic rings. The average Bonchev–Trinajstić information content (AvgIpc) is 2.06. The molecule has 0 radical (unpaired) electrons. The lowest BCUT2D eigenvalue weighted by Gasteiger charge is -2.15. The molecule has 0 heterocycles. The van der Waals surface area contributed by atoms with Gasteiger partial charge in [-0.25, -0.2) is 0 Å². The lowest BCUT2D eigenvalue weighted by molar-refractivity contribution is 0.495. The van der Waals surface area contributed by atoms with Crippen LogP contribution in [-0.2, 0) is 0 Å². The number of hydrogen-bond acceptors (Lipinski definition) is 2. The predicted octanol–water partition coefficient (Wildman–Crippen LogP) is 2.32. The van der Waals surface area contributed by atoms with Gasteiger partial charge in [-0.3, -0.25) is 4.99 Å². The van der Waals surface area contributed by atoms with E-state index in [1.807, 2.05) is 7.05 Å². The molecule has 0 unspecified atom stereocenters. The maximum absolute atomic E-state index is 4.19. The Morgan fingerprint density at radius 3 is 2.08 bits per heavy atom. The molecule has 0 spiro atoms. The highest BCUT2D eigenvalue weighted by Crippen LogP contribution is 2.04. The van der Waals surface area contributed by atoms with Crippen LogP contribution >= 0.6 is 0 Å². The molecular weight excluding hydrogens is 148 g/mol. The van der Waals surface area contributed by atoms with Gasteiger partial charge >= 0.3 is 0 Å². The van der Waals surface area contributed by atoms with E-state index in [4.69, 9.17) is 0 Å². The highest BCUT2D eigenvalue weighted by molar-refractivity contribution is 5.95. The van der Waals surface area contributed by atoms with Crippen molar-refractivity contribution in [1.82, 2.24) is 4.90 Å². The van der Waals surface area contributed by atoms with Crippen molar-refractivity contribution < 1.29 is 0 Å². The summed E-state index contributed by atoms with van der Waals surface area (Å²) < 4.78 is 0. The van der Waals surface area contributed by atoms with E-state index in [2.05, 4.69) is 43.9 Å². The molecule has 12 heavy (non-hydrogen) atoms. The lowest BCUT2D eigenvalue weighted by atomic mass is 10.2. The maximum Gasteiger partial charge on any atom is 0.0359 e. The Bertz CT molecular complexity index is 178. The van der Waals surface area contributed by atoms with Crippen molar-refractivity contribution in [3.05, 3.63) is 11.8 Å². The van der Waals surface area contributed by atoms with Gasteiger partial charge in [-0.05, 0) is 18.9 Å². The Hall–Kier alpha value is -0.790. The molecule has 0 amide bonds. The van der Waals surface area contributed by atoms with Crippen molar-refractivity contribution in [2.24, 2.45) is 4.99 Å². The third kappa shape index (κ3) is 3.56. The molecule has 0 aliphatic heterocycles. The van der Waals surface area contributed by atoms with E-state index in [0.29, 0.717) is 0 Å². The minimum absolute atomic E-state index is 1.01. The van der Waals surface area contributed by atoms with Gasteiger partial charge in [0, 0.05) is 32.6 Å². The summed E-state index contributed by atoms with van der Waals surface area (Å²) >= 11 is 0. The van der Waals surface area contributed by atoms with Gasteiger partial charge in [-0.15, -0.1) is 0 Å². The number of nitrogens with zero attached hydrogens (tertiary/aromatic N) is 2. The van der Waals surface area contributed by atoms with Crippen LogP contribution < -0.4 is 0 Å². The molecule has 0 saturated heterocycles. The summed E-state index contributed by atoms with van der Waals surface area (Å²) in [7, 11) is 5.98. The Morgan fingerprint density at radius 2 is 1.83 bits per heavy atom. The first-order valence-corrected chi connectivity index (χ1v) is 4.49. The Kier molecular flexibility index (Phi) is 5.43. The number of aliphatic imine (C=N–C) groups is 1. The molecule has 70 valence electrons. The zero-order valence-corrected chi connectivity index (χ0v) is 8.89. The van der Waals surface area contributed by atoms with Gasteiger partial charge in [0.2, 0.25) is 0 Å². The minimum atomic E-state index is 1.01. The number of rotatable bonds is 4. The molecule has 0 fully saturated rings. The first-order chi connectivity index (χ1) is 5.65. The van der Waals surface area contributed by atoms with Gasteiger partial charge in [0.1, 0.15) is 0 Å². The van der Waals surface area contributed by atoms with E-state index < -0.39 is 0 Å². The zero-order chi connectivity index (χ0) is 9.56. The van der Waals surface area contributed by atoms with Crippen LogP contribution in [0.3, 0.4) is 0 Å². The van der Waals surface area contributed by atoms with Crippen LogP contribution in [0.15, 0.2) is 16.8 Å². The smallest absolute Gasteiger partial charge is 0.0359 e. The van der Waals surface area contributed by atoms with Crippen LogP contribution in [0, 0.1) is 0 Å². The molecule has 0 aliphatic rings. The molecule has 0 bridgehead atoms. The molecule has 0 rings (SSSR count). The minimum Gasteiger partial charge on any atom is -0.381 e. The topological polar surface area (TPSA) is 15.6 Å². The Balaban J connectivity index is 4.47. The van der Waals surface area contributed by atoms with Crippen LogP contribution in [0.1, 0.15) is 26.7 Å². The van der Waals surface area contributed by atoms with Gasteiger partial charge in [0.05, 0.1) is 0 Å². The summed E-state index contributed by atoms with van der Waals surface area (Å²) in [6, 6.07) is 0. The average molecular weight is 168 g/mol. The fourth-order valence-electron chi connectivity index (χ4n) is 1.06. The fourth-order valence-corrected chi connectivity index (χ4v) is 1.06. The molecule has 0 N–H and O–H groups in total.